The predicted molar refractivity (Wildman–Crippen MR) is 124 cm³/mol. The molecule has 0 atom stereocenters. The van der Waals surface area contributed by atoms with Crippen molar-refractivity contribution < 1.29 is 22.4 Å². The van der Waals surface area contributed by atoms with E-state index in [0.29, 0.717) is 23.6 Å². The van der Waals surface area contributed by atoms with Crippen LogP contribution in [0.4, 0.5) is 29.2 Å². The lowest BCUT2D eigenvalue weighted by Crippen LogP contribution is -2.40. The molecule has 0 unspecified atom stereocenters. The van der Waals surface area contributed by atoms with Crippen LogP contribution < -0.4 is 16.0 Å². The molecule has 0 spiro atoms. The molecule has 3 N–H and O–H groups in total. The quantitative estimate of drug-likeness (QED) is 0.517. The van der Waals surface area contributed by atoms with Crippen molar-refractivity contribution in [2.24, 2.45) is 11.7 Å². The van der Waals surface area contributed by atoms with Gasteiger partial charge in [-0.15, -0.1) is 0 Å². The molecule has 1 aliphatic heterocycles. The number of aromatic nitrogens is 2. The molecular weight excluding hydrogens is 464 g/mol. The summed E-state index contributed by atoms with van der Waals surface area (Å²) in [6.07, 6.45) is 0.371. The molecular formula is C24H30F4N6O. The summed E-state index contributed by atoms with van der Waals surface area (Å²) >= 11 is 0. The van der Waals surface area contributed by atoms with Gasteiger partial charge < -0.3 is 16.0 Å². The molecule has 2 aliphatic rings. The number of likely N-dealkylation sites (tertiary alicyclic amines) is 1. The zero-order valence-corrected chi connectivity index (χ0v) is 19.6. The number of benzene rings is 1. The van der Waals surface area contributed by atoms with Crippen LogP contribution in [0.1, 0.15) is 42.4 Å². The van der Waals surface area contributed by atoms with Crippen LogP contribution in [-0.4, -0.2) is 53.0 Å². The average Bonchev–Trinajstić information content (AvgIpc) is 3.63. The maximum Gasteiger partial charge on any atom is 0.416 e. The number of carbonyl (C=O) groups excluding carboxylic acids is 1. The highest BCUT2D eigenvalue weighted by atomic mass is 19.4. The van der Waals surface area contributed by atoms with Gasteiger partial charge in [-0.1, -0.05) is 6.07 Å². The van der Waals surface area contributed by atoms with Crippen LogP contribution in [0.15, 0.2) is 24.5 Å². The Morgan fingerprint density at radius 3 is 2.51 bits per heavy atom. The summed E-state index contributed by atoms with van der Waals surface area (Å²) in [5.74, 6) is -0.324. The fraction of sp³-hybridized carbons (Fsp3) is 0.542. The summed E-state index contributed by atoms with van der Waals surface area (Å²) in [4.78, 5) is 23.2. The fourth-order valence-corrected chi connectivity index (χ4v) is 4.49. The summed E-state index contributed by atoms with van der Waals surface area (Å²) < 4.78 is 54.6. The highest BCUT2D eigenvalue weighted by Crippen LogP contribution is 2.36. The van der Waals surface area contributed by atoms with Gasteiger partial charge in [0.15, 0.2) is 11.6 Å². The topological polar surface area (TPSA) is 87.4 Å². The molecule has 2 fully saturated rings. The van der Waals surface area contributed by atoms with Crippen LogP contribution in [0.3, 0.4) is 0 Å². The minimum atomic E-state index is -4.41. The van der Waals surface area contributed by atoms with Crippen molar-refractivity contribution in [3.05, 3.63) is 47.0 Å². The average molecular weight is 495 g/mol. The first-order chi connectivity index (χ1) is 16.6. The second-order valence-corrected chi connectivity index (χ2v) is 9.42. The number of rotatable bonds is 9. The Bertz CT molecular complexity index is 1050. The van der Waals surface area contributed by atoms with Crippen LogP contribution in [0, 0.1) is 18.7 Å². The summed E-state index contributed by atoms with van der Waals surface area (Å²) in [5.41, 5.74) is 5.75. The number of aryl methyl sites for hydroxylation is 1. The van der Waals surface area contributed by atoms with Crippen LogP contribution >= 0.6 is 0 Å². The van der Waals surface area contributed by atoms with E-state index in [1.807, 2.05) is 9.80 Å². The van der Waals surface area contributed by atoms with E-state index in [0.717, 1.165) is 50.9 Å². The molecule has 1 amide bonds. The van der Waals surface area contributed by atoms with Crippen molar-refractivity contribution in [3.8, 4) is 0 Å². The number of anilines is 2. The Morgan fingerprint density at radius 2 is 1.91 bits per heavy atom. The number of nitrogens with two attached hydrogens (primary N) is 1. The van der Waals surface area contributed by atoms with E-state index in [4.69, 9.17) is 5.73 Å². The maximum atomic E-state index is 15.5. The summed E-state index contributed by atoms with van der Waals surface area (Å²) in [5, 5.41) is 3.10. The Labute approximate surface area is 201 Å². The Morgan fingerprint density at radius 1 is 1.20 bits per heavy atom. The first-order valence-corrected chi connectivity index (χ1v) is 11.8. The molecule has 7 nitrogen and oxygen atoms in total. The van der Waals surface area contributed by atoms with Gasteiger partial charge in [0.2, 0.25) is 11.7 Å². The zero-order valence-electron chi connectivity index (χ0n) is 19.6. The molecule has 1 aromatic heterocycles. The molecule has 2 aromatic rings. The number of primary amides is 1. The third kappa shape index (κ3) is 6.39. The number of nitrogens with zero attached hydrogens (tertiary/aromatic N) is 4. The van der Waals surface area contributed by atoms with Gasteiger partial charge in [0.25, 0.3) is 0 Å². The lowest BCUT2D eigenvalue weighted by molar-refractivity contribution is -0.137. The van der Waals surface area contributed by atoms with Crippen molar-refractivity contribution in [2.45, 2.75) is 51.4 Å². The number of alkyl halides is 3. The SMILES string of the molecule is Cc1cc(C(F)(F)F)ccc1CN(c1ncnc(NCC2CCN(CC(N)=O)CC2)c1F)C1CC1. The first kappa shape index (κ1) is 25.2. The molecule has 2 heterocycles. The lowest BCUT2D eigenvalue weighted by Gasteiger charge is -2.31. The Kier molecular flexibility index (Phi) is 7.44. The summed E-state index contributed by atoms with van der Waals surface area (Å²) in [6.45, 7) is 4.20. The summed E-state index contributed by atoms with van der Waals surface area (Å²) in [7, 11) is 0. The highest BCUT2D eigenvalue weighted by Gasteiger charge is 2.34. The van der Waals surface area contributed by atoms with E-state index in [2.05, 4.69) is 15.3 Å². The van der Waals surface area contributed by atoms with Gasteiger partial charge in [-0.05, 0) is 74.9 Å². The molecule has 35 heavy (non-hydrogen) atoms. The molecule has 1 saturated carbocycles. The fourth-order valence-electron chi connectivity index (χ4n) is 4.49. The van der Waals surface area contributed by atoms with Gasteiger partial charge in [-0.2, -0.15) is 17.6 Å². The Balaban J connectivity index is 1.43. The van der Waals surface area contributed by atoms with Gasteiger partial charge in [-0.3, -0.25) is 9.69 Å². The first-order valence-electron chi connectivity index (χ1n) is 11.8. The zero-order chi connectivity index (χ0) is 25.2. The maximum absolute atomic E-state index is 15.5. The number of piperidine rings is 1. The molecule has 0 bridgehead atoms. The molecule has 1 aliphatic carbocycles. The van der Waals surface area contributed by atoms with E-state index in [9.17, 15) is 18.0 Å². The minimum Gasteiger partial charge on any atom is -0.369 e. The van der Waals surface area contributed by atoms with Gasteiger partial charge in [-0.25, -0.2) is 9.97 Å². The number of hydrogen-bond donors (Lipinski definition) is 2. The van der Waals surface area contributed by atoms with Crippen LogP contribution in [-0.2, 0) is 17.5 Å². The van der Waals surface area contributed by atoms with Crippen molar-refractivity contribution in [1.29, 1.82) is 0 Å². The van der Waals surface area contributed by atoms with Crippen LogP contribution in [0.2, 0.25) is 0 Å². The van der Waals surface area contributed by atoms with E-state index in [-0.39, 0.29) is 36.7 Å². The second kappa shape index (κ2) is 10.3. The molecule has 4 rings (SSSR count). The number of nitrogens with one attached hydrogen (secondary N) is 1. The molecule has 190 valence electrons. The number of amides is 1. The summed E-state index contributed by atoms with van der Waals surface area (Å²) in [6, 6.07) is 3.73. The second-order valence-electron chi connectivity index (χ2n) is 9.42. The highest BCUT2D eigenvalue weighted by molar-refractivity contribution is 5.75. The normalized spacial score (nSPS) is 17.4. The van der Waals surface area contributed by atoms with Crippen molar-refractivity contribution >= 4 is 17.5 Å². The van der Waals surface area contributed by atoms with E-state index < -0.39 is 17.6 Å². The van der Waals surface area contributed by atoms with Crippen molar-refractivity contribution in [2.75, 3.05) is 36.4 Å². The third-order valence-electron chi connectivity index (χ3n) is 6.69. The molecule has 11 heteroatoms. The monoisotopic (exact) mass is 494 g/mol. The van der Waals surface area contributed by atoms with E-state index in [1.165, 1.54) is 12.4 Å². The lowest BCUT2D eigenvalue weighted by atomic mass is 9.97. The largest absolute Gasteiger partial charge is 0.416 e. The van der Waals surface area contributed by atoms with Crippen molar-refractivity contribution in [3.63, 3.8) is 0 Å². The van der Waals surface area contributed by atoms with Gasteiger partial charge in [0.1, 0.15) is 6.33 Å². The number of hydrogen-bond acceptors (Lipinski definition) is 6. The predicted octanol–water partition coefficient (Wildman–Crippen LogP) is 3.72. The number of carbonyl (C=O) groups is 1. The smallest absolute Gasteiger partial charge is 0.369 e. The standard InChI is InChI=1S/C24H30F4N6O/c1-15-10-18(24(26,27)28)3-2-17(15)12-34(19-4-5-19)23-21(25)22(31-14-32-23)30-11-16-6-8-33(9-7-16)13-20(29)35/h2-3,10,14,16,19H,4-9,11-13H2,1H3,(H2,29,35)(H,30,31,32). The number of halogens is 4. The molecule has 1 saturated heterocycles. The Hall–Kier alpha value is -2.95. The minimum absolute atomic E-state index is 0.0866. The van der Waals surface area contributed by atoms with Gasteiger partial charge >= 0.3 is 6.18 Å². The van der Waals surface area contributed by atoms with E-state index >= 15 is 4.39 Å². The van der Waals surface area contributed by atoms with Crippen molar-refractivity contribution in [1.82, 2.24) is 14.9 Å². The van der Waals surface area contributed by atoms with Crippen LogP contribution in [0.5, 0.6) is 0 Å². The molecule has 1 aromatic carbocycles. The van der Waals surface area contributed by atoms with Gasteiger partial charge in [0, 0.05) is 19.1 Å². The van der Waals surface area contributed by atoms with Gasteiger partial charge in [0.05, 0.1) is 12.1 Å². The van der Waals surface area contributed by atoms with E-state index in [1.54, 1.807) is 6.92 Å². The third-order valence-corrected chi connectivity index (χ3v) is 6.69. The molecule has 0 radical (unpaired) electrons. The van der Waals surface area contributed by atoms with Crippen LogP contribution in [0.25, 0.3) is 0 Å².